The maximum absolute atomic E-state index is 13.3. The molecule has 0 saturated carbocycles. The van der Waals surface area contributed by atoms with E-state index >= 15 is 0 Å². The third-order valence-corrected chi connectivity index (χ3v) is 4.80. The van der Waals surface area contributed by atoms with Crippen LogP contribution in [0.1, 0.15) is 26.7 Å². The molecule has 7 nitrogen and oxygen atoms in total. The topological polar surface area (TPSA) is 66.7 Å². The molecule has 158 valence electrons. The van der Waals surface area contributed by atoms with Gasteiger partial charge in [0, 0.05) is 45.0 Å². The average molecular weight is 403 g/mol. The van der Waals surface area contributed by atoms with Crippen LogP contribution in [0.4, 0.5) is 10.1 Å². The first-order valence-corrected chi connectivity index (χ1v) is 10.2. The van der Waals surface area contributed by atoms with Gasteiger partial charge in [-0.05, 0) is 38.8 Å². The number of piperidine rings is 1. The number of ether oxygens (including phenoxy) is 1. The number of aliphatic imine (C=N–C) groups is 1. The summed E-state index contributed by atoms with van der Waals surface area (Å²) in [5, 5.41) is 11.1. The molecule has 2 N–H and O–H groups in total. The van der Waals surface area contributed by atoms with E-state index in [-0.39, 0.29) is 11.9 Å². The van der Waals surface area contributed by atoms with Crippen molar-refractivity contribution in [3.05, 3.63) is 42.5 Å². The van der Waals surface area contributed by atoms with Crippen molar-refractivity contribution in [1.82, 2.24) is 20.4 Å². The summed E-state index contributed by atoms with van der Waals surface area (Å²) in [6.07, 6.45) is 6.01. The number of aryl methyl sites for hydroxylation is 1. The van der Waals surface area contributed by atoms with Gasteiger partial charge in [-0.25, -0.2) is 9.38 Å². The van der Waals surface area contributed by atoms with E-state index in [4.69, 9.17) is 4.74 Å². The maximum atomic E-state index is 13.3. The molecule has 1 aromatic heterocycles. The van der Waals surface area contributed by atoms with Gasteiger partial charge in [0.05, 0.1) is 18.4 Å². The second-order valence-corrected chi connectivity index (χ2v) is 7.41. The minimum Gasteiger partial charge on any atom is -0.489 e. The van der Waals surface area contributed by atoms with E-state index in [2.05, 4.69) is 25.6 Å². The molecule has 0 amide bonds. The van der Waals surface area contributed by atoms with E-state index in [9.17, 15) is 4.39 Å². The first-order chi connectivity index (χ1) is 14.0. The Morgan fingerprint density at radius 1 is 1.45 bits per heavy atom. The van der Waals surface area contributed by atoms with Crippen molar-refractivity contribution in [2.45, 2.75) is 38.8 Å². The molecular formula is C21H31FN6O. The summed E-state index contributed by atoms with van der Waals surface area (Å²) in [7, 11) is 1.94. The van der Waals surface area contributed by atoms with Crippen LogP contribution in [-0.4, -0.2) is 54.1 Å². The molecule has 0 bridgehead atoms. The fraction of sp³-hybridized carbons (Fsp3) is 0.524. The molecule has 2 unspecified atom stereocenters. The molecule has 8 heteroatoms. The number of rotatable bonds is 7. The number of hydrogen-bond acceptors (Lipinski definition) is 4. The summed E-state index contributed by atoms with van der Waals surface area (Å²) >= 11 is 0. The van der Waals surface area contributed by atoms with E-state index in [1.54, 1.807) is 12.1 Å². The number of halogens is 1. The molecule has 1 aromatic carbocycles. The molecule has 0 aliphatic carbocycles. The van der Waals surface area contributed by atoms with Crippen LogP contribution in [0, 0.1) is 5.82 Å². The molecule has 1 fully saturated rings. The summed E-state index contributed by atoms with van der Waals surface area (Å²) in [5.41, 5.74) is 1.15. The Morgan fingerprint density at radius 3 is 3.03 bits per heavy atom. The van der Waals surface area contributed by atoms with Gasteiger partial charge in [0.2, 0.25) is 0 Å². The second kappa shape index (κ2) is 10.1. The van der Waals surface area contributed by atoms with E-state index < -0.39 is 0 Å². The van der Waals surface area contributed by atoms with Crippen molar-refractivity contribution in [3.63, 3.8) is 0 Å². The molecule has 2 aromatic rings. The second-order valence-electron chi connectivity index (χ2n) is 7.41. The Labute approximate surface area is 172 Å². The number of nitrogens with one attached hydrogen (secondary N) is 2. The normalized spacial score (nSPS) is 18.4. The highest BCUT2D eigenvalue weighted by molar-refractivity contribution is 5.80. The van der Waals surface area contributed by atoms with Crippen molar-refractivity contribution in [1.29, 1.82) is 0 Å². The third-order valence-electron chi connectivity index (χ3n) is 4.80. The lowest BCUT2D eigenvalue weighted by Gasteiger charge is -2.34. The standard InChI is InChI=1S/C21H31FN6O/c1-4-23-21(24-12-16(2)29-20-9-5-7-17(22)11-20)26-18-8-6-10-28(14-18)19-13-25-27(3)15-19/h5,7,9,11,13,15-16,18H,4,6,8,10,12,14H2,1-3H3,(H2,23,24,26). The van der Waals surface area contributed by atoms with Gasteiger partial charge in [-0.3, -0.25) is 4.68 Å². The van der Waals surface area contributed by atoms with Gasteiger partial charge in [0.25, 0.3) is 0 Å². The fourth-order valence-corrected chi connectivity index (χ4v) is 3.44. The highest BCUT2D eigenvalue weighted by Crippen LogP contribution is 2.19. The molecule has 3 rings (SSSR count). The van der Waals surface area contributed by atoms with Crippen LogP contribution in [0.15, 0.2) is 41.7 Å². The van der Waals surface area contributed by atoms with Crippen LogP contribution in [0.25, 0.3) is 0 Å². The molecule has 1 aliphatic heterocycles. The van der Waals surface area contributed by atoms with Crippen LogP contribution in [0.3, 0.4) is 0 Å². The maximum Gasteiger partial charge on any atom is 0.191 e. The van der Waals surface area contributed by atoms with Crippen molar-refractivity contribution < 1.29 is 9.13 Å². The van der Waals surface area contributed by atoms with Gasteiger partial charge in [0.1, 0.15) is 17.7 Å². The summed E-state index contributed by atoms with van der Waals surface area (Å²) in [6, 6.07) is 6.49. The molecule has 29 heavy (non-hydrogen) atoms. The summed E-state index contributed by atoms with van der Waals surface area (Å²) in [4.78, 5) is 7.02. The highest BCUT2D eigenvalue weighted by Gasteiger charge is 2.22. The lowest BCUT2D eigenvalue weighted by molar-refractivity contribution is 0.229. The minimum atomic E-state index is -0.302. The Hall–Kier alpha value is -2.77. The fourth-order valence-electron chi connectivity index (χ4n) is 3.44. The van der Waals surface area contributed by atoms with Crippen LogP contribution >= 0.6 is 0 Å². The van der Waals surface area contributed by atoms with Gasteiger partial charge >= 0.3 is 0 Å². The van der Waals surface area contributed by atoms with Crippen LogP contribution < -0.4 is 20.3 Å². The van der Waals surface area contributed by atoms with Crippen LogP contribution in [0.5, 0.6) is 5.75 Å². The lowest BCUT2D eigenvalue weighted by Crippen LogP contribution is -2.51. The first kappa shape index (κ1) is 21.0. The highest BCUT2D eigenvalue weighted by atomic mass is 19.1. The number of guanidine groups is 1. The minimum absolute atomic E-state index is 0.162. The van der Waals surface area contributed by atoms with Crippen LogP contribution in [0.2, 0.25) is 0 Å². The molecule has 2 atom stereocenters. The zero-order valence-electron chi connectivity index (χ0n) is 17.4. The zero-order chi connectivity index (χ0) is 20.6. The van der Waals surface area contributed by atoms with E-state index in [0.29, 0.717) is 18.3 Å². The predicted octanol–water partition coefficient (Wildman–Crippen LogP) is 2.55. The molecule has 1 saturated heterocycles. The Bertz CT molecular complexity index is 808. The summed E-state index contributed by atoms with van der Waals surface area (Å²) < 4.78 is 20.9. The van der Waals surface area contributed by atoms with Gasteiger partial charge in [-0.15, -0.1) is 0 Å². The van der Waals surface area contributed by atoms with Crippen molar-refractivity contribution >= 4 is 11.6 Å². The molecule has 1 aliphatic rings. The monoisotopic (exact) mass is 402 g/mol. The number of anilines is 1. The molecule has 0 spiro atoms. The van der Waals surface area contributed by atoms with E-state index in [0.717, 1.165) is 44.1 Å². The van der Waals surface area contributed by atoms with E-state index in [1.807, 2.05) is 38.0 Å². The molecular weight excluding hydrogens is 371 g/mol. The largest absolute Gasteiger partial charge is 0.489 e. The number of aromatic nitrogens is 2. The summed E-state index contributed by atoms with van der Waals surface area (Å²) in [6.45, 7) is 7.19. The van der Waals surface area contributed by atoms with Gasteiger partial charge in [-0.2, -0.15) is 5.10 Å². The number of nitrogens with zero attached hydrogens (tertiary/aromatic N) is 4. The Kier molecular flexibility index (Phi) is 7.32. The Morgan fingerprint density at radius 2 is 2.31 bits per heavy atom. The SMILES string of the molecule is CCNC(=NCC(C)Oc1cccc(F)c1)NC1CCCN(c2cnn(C)c2)C1. The predicted molar refractivity (Wildman–Crippen MR) is 114 cm³/mol. The quantitative estimate of drug-likeness (QED) is 0.550. The van der Waals surface area contributed by atoms with Crippen LogP contribution in [-0.2, 0) is 7.05 Å². The van der Waals surface area contributed by atoms with Crippen molar-refractivity contribution in [3.8, 4) is 5.75 Å². The first-order valence-electron chi connectivity index (χ1n) is 10.2. The smallest absolute Gasteiger partial charge is 0.191 e. The number of benzene rings is 1. The van der Waals surface area contributed by atoms with Crippen molar-refractivity contribution in [2.75, 3.05) is 31.1 Å². The molecule has 2 heterocycles. The average Bonchev–Trinajstić information content (AvgIpc) is 3.13. The van der Waals surface area contributed by atoms with Gasteiger partial charge in [0.15, 0.2) is 5.96 Å². The third kappa shape index (κ3) is 6.37. The Balaban J connectivity index is 1.55. The summed E-state index contributed by atoms with van der Waals surface area (Å²) in [5.74, 6) is 0.994. The molecule has 0 radical (unpaired) electrons. The van der Waals surface area contributed by atoms with Gasteiger partial charge in [-0.1, -0.05) is 6.07 Å². The van der Waals surface area contributed by atoms with Gasteiger partial charge < -0.3 is 20.3 Å². The number of hydrogen-bond donors (Lipinski definition) is 2. The van der Waals surface area contributed by atoms with Crippen molar-refractivity contribution in [2.24, 2.45) is 12.0 Å². The lowest BCUT2D eigenvalue weighted by atomic mass is 10.1. The van der Waals surface area contributed by atoms with E-state index in [1.165, 1.54) is 12.1 Å². The zero-order valence-corrected chi connectivity index (χ0v) is 17.4.